The van der Waals surface area contributed by atoms with E-state index in [1.54, 1.807) is 0 Å². The van der Waals surface area contributed by atoms with Crippen molar-refractivity contribution < 1.29 is 9.53 Å². The molecule has 0 radical (unpaired) electrons. The molecule has 3 heterocycles. The second-order valence-electron chi connectivity index (χ2n) is 9.76. The van der Waals surface area contributed by atoms with E-state index in [0.717, 1.165) is 85.6 Å². The summed E-state index contributed by atoms with van der Waals surface area (Å²) in [6.07, 6.45) is 7.69. The molecule has 0 spiro atoms. The maximum atomic E-state index is 13.2. The van der Waals surface area contributed by atoms with Crippen LogP contribution in [-0.4, -0.2) is 40.0 Å². The van der Waals surface area contributed by atoms with Crippen LogP contribution in [0.5, 0.6) is 11.5 Å². The van der Waals surface area contributed by atoms with Gasteiger partial charge in [-0.3, -0.25) is 4.79 Å². The highest BCUT2D eigenvalue weighted by Crippen LogP contribution is 2.46. The number of carbonyl (C=O) groups is 1. The normalized spacial score (nSPS) is 20.7. The van der Waals surface area contributed by atoms with Gasteiger partial charge in [-0.25, -0.2) is 0 Å². The van der Waals surface area contributed by atoms with Gasteiger partial charge in [-0.05, 0) is 82.8 Å². The molecule has 2 fully saturated rings. The molecule has 6 rings (SSSR count). The number of benzene rings is 2. The number of nitrogens with one attached hydrogen (secondary N) is 1. The molecule has 1 aliphatic carbocycles. The zero-order valence-electron chi connectivity index (χ0n) is 19.6. The minimum Gasteiger partial charge on any atom is -0.456 e. The molecule has 0 bridgehead atoms. The molecule has 2 aromatic carbocycles. The molecule has 1 N–H and O–H groups in total. The van der Waals surface area contributed by atoms with Crippen molar-refractivity contribution in [2.45, 2.75) is 57.5 Å². The Bertz CT molecular complexity index is 1180. The van der Waals surface area contributed by atoms with E-state index in [1.165, 1.54) is 0 Å². The van der Waals surface area contributed by atoms with Gasteiger partial charge in [-0.15, -0.1) is 0 Å². The molecule has 7 heteroatoms. The Hall–Kier alpha value is -3.19. The third-order valence-electron chi connectivity index (χ3n) is 7.30. The van der Waals surface area contributed by atoms with E-state index in [0.29, 0.717) is 6.04 Å². The summed E-state index contributed by atoms with van der Waals surface area (Å²) in [4.78, 5) is 17.1. The third-order valence-corrected chi connectivity index (χ3v) is 7.30. The number of hydrogen-bond donors (Lipinski definition) is 1. The Balaban J connectivity index is 1.43. The van der Waals surface area contributed by atoms with E-state index in [2.05, 4.69) is 29.5 Å². The minimum absolute atomic E-state index is 0.177. The molecular weight excluding hydrogens is 426 g/mol. The lowest BCUT2D eigenvalue weighted by Crippen LogP contribution is -2.43. The van der Waals surface area contributed by atoms with Crippen molar-refractivity contribution in [3.8, 4) is 22.8 Å². The van der Waals surface area contributed by atoms with Crippen molar-refractivity contribution in [1.82, 2.24) is 20.3 Å². The smallest absolute Gasteiger partial charge is 0.230 e. The summed E-state index contributed by atoms with van der Waals surface area (Å²) in [5.41, 5.74) is 3.81. The topological polar surface area (TPSA) is 72.3 Å². The van der Waals surface area contributed by atoms with Gasteiger partial charge in [0.05, 0.1) is 17.9 Å². The lowest BCUT2D eigenvalue weighted by Gasteiger charge is -2.36. The quantitative estimate of drug-likeness (QED) is 0.599. The van der Waals surface area contributed by atoms with Crippen molar-refractivity contribution in [2.75, 3.05) is 18.0 Å². The van der Waals surface area contributed by atoms with E-state index in [4.69, 9.17) is 9.84 Å². The summed E-state index contributed by atoms with van der Waals surface area (Å²) in [6.45, 7) is 4.14. The van der Waals surface area contributed by atoms with Gasteiger partial charge in [0.15, 0.2) is 0 Å². The van der Waals surface area contributed by atoms with E-state index in [-0.39, 0.29) is 17.9 Å². The molecule has 1 amide bonds. The molecule has 176 valence electrons. The first-order valence-corrected chi connectivity index (χ1v) is 12.5. The van der Waals surface area contributed by atoms with E-state index >= 15 is 0 Å². The molecule has 34 heavy (non-hydrogen) atoms. The Morgan fingerprint density at radius 2 is 1.82 bits per heavy atom. The summed E-state index contributed by atoms with van der Waals surface area (Å²) >= 11 is 0. The number of carbonyl (C=O) groups excluding carboxylic acids is 1. The maximum absolute atomic E-state index is 13.2. The van der Waals surface area contributed by atoms with Crippen LogP contribution in [0.2, 0.25) is 0 Å². The number of fused-ring (bicyclic) bond motifs is 1. The fraction of sp³-hybridized carbons (Fsp3) is 0.444. The van der Waals surface area contributed by atoms with Crippen LogP contribution in [0.3, 0.4) is 0 Å². The van der Waals surface area contributed by atoms with Crippen LogP contribution < -0.4 is 15.0 Å². The largest absolute Gasteiger partial charge is 0.456 e. The zero-order valence-corrected chi connectivity index (χ0v) is 19.6. The van der Waals surface area contributed by atoms with Crippen LogP contribution in [0.4, 0.5) is 5.69 Å². The molecule has 1 unspecified atom stereocenters. The zero-order chi connectivity index (χ0) is 23.1. The number of rotatable bonds is 5. The van der Waals surface area contributed by atoms with Crippen molar-refractivity contribution in [1.29, 1.82) is 0 Å². The van der Waals surface area contributed by atoms with Crippen LogP contribution in [0.1, 0.15) is 50.6 Å². The van der Waals surface area contributed by atoms with Gasteiger partial charge in [-0.2, -0.15) is 15.0 Å². The van der Waals surface area contributed by atoms with Gasteiger partial charge in [0, 0.05) is 23.1 Å². The maximum Gasteiger partial charge on any atom is 0.230 e. The molecule has 2 aliphatic heterocycles. The first-order chi connectivity index (χ1) is 16.7. The number of ether oxygens (including phenoxy) is 1. The van der Waals surface area contributed by atoms with E-state index in [9.17, 15) is 4.79 Å². The average molecular weight is 458 g/mol. The molecule has 1 saturated heterocycles. The number of piperidine rings is 1. The average Bonchev–Trinajstić information content (AvgIpc) is 3.61. The van der Waals surface area contributed by atoms with E-state index < -0.39 is 0 Å². The van der Waals surface area contributed by atoms with Crippen LogP contribution in [0.15, 0.2) is 48.7 Å². The van der Waals surface area contributed by atoms with Gasteiger partial charge >= 0.3 is 0 Å². The highest BCUT2D eigenvalue weighted by molar-refractivity contribution is 5.99. The summed E-state index contributed by atoms with van der Waals surface area (Å²) in [5, 5.41) is 12.9. The monoisotopic (exact) mass is 457 g/mol. The van der Waals surface area contributed by atoms with Gasteiger partial charge in [0.25, 0.3) is 0 Å². The fourth-order valence-electron chi connectivity index (χ4n) is 5.20. The number of hydrogen-bond acceptors (Lipinski definition) is 5. The van der Waals surface area contributed by atoms with E-state index in [1.807, 2.05) is 46.2 Å². The Kier molecular flexibility index (Phi) is 5.57. The second-order valence-corrected chi connectivity index (χ2v) is 9.76. The number of anilines is 1. The number of aromatic nitrogens is 3. The first kappa shape index (κ1) is 21.4. The van der Waals surface area contributed by atoms with Crippen molar-refractivity contribution in [3.63, 3.8) is 0 Å². The number of para-hydroxylation sites is 1. The molecule has 1 atom stereocenters. The van der Waals surface area contributed by atoms with Gasteiger partial charge < -0.3 is 15.0 Å². The molecule has 3 aliphatic rings. The van der Waals surface area contributed by atoms with Gasteiger partial charge in [0.1, 0.15) is 17.2 Å². The molecule has 7 nitrogen and oxygen atoms in total. The van der Waals surface area contributed by atoms with Gasteiger partial charge in [-0.1, -0.05) is 18.2 Å². The molecular formula is C27H31N5O2. The molecule has 3 aromatic rings. The fourth-order valence-corrected chi connectivity index (χ4v) is 5.20. The highest BCUT2D eigenvalue weighted by Gasteiger charge is 2.39. The van der Waals surface area contributed by atoms with Crippen LogP contribution >= 0.6 is 0 Å². The van der Waals surface area contributed by atoms with Crippen molar-refractivity contribution in [2.24, 2.45) is 5.92 Å². The Morgan fingerprint density at radius 3 is 2.59 bits per heavy atom. The van der Waals surface area contributed by atoms with Crippen LogP contribution in [0, 0.1) is 5.92 Å². The van der Waals surface area contributed by atoms with Crippen LogP contribution in [-0.2, 0) is 11.2 Å². The lowest BCUT2D eigenvalue weighted by atomic mass is 9.92. The van der Waals surface area contributed by atoms with Crippen LogP contribution in [0.25, 0.3) is 11.3 Å². The molecule has 1 aromatic heterocycles. The summed E-state index contributed by atoms with van der Waals surface area (Å²) in [7, 11) is 0. The Labute approximate surface area is 200 Å². The minimum atomic E-state index is 0.177. The Morgan fingerprint density at radius 1 is 1.03 bits per heavy atom. The highest BCUT2D eigenvalue weighted by atomic mass is 16.5. The first-order valence-electron chi connectivity index (χ1n) is 12.5. The number of nitrogens with zero attached hydrogens (tertiary/aromatic N) is 4. The standard InChI is InChI=1S/C27H31N5O2/c1-18-7-10-23-25(31(18)27(33)19-8-9-19)12-11-22(26(23)34-21-5-3-2-4-6-21)24-17-29-32(30-24)20-13-15-28-16-14-20/h2-6,11-12,17-20,28H,7-10,13-16H2,1H3. The van der Waals surface area contributed by atoms with Crippen molar-refractivity contribution in [3.05, 3.63) is 54.2 Å². The summed E-state index contributed by atoms with van der Waals surface area (Å²) < 4.78 is 6.53. The summed E-state index contributed by atoms with van der Waals surface area (Å²) in [5.74, 6) is 2.00. The number of amides is 1. The predicted molar refractivity (Wildman–Crippen MR) is 131 cm³/mol. The lowest BCUT2D eigenvalue weighted by molar-refractivity contribution is -0.120. The van der Waals surface area contributed by atoms with Crippen molar-refractivity contribution >= 4 is 11.6 Å². The second kappa shape index (κ2) is 8.87. The SMILES string of the molecule is CC1CCc2c(ccc(-c3cnn(C4CCNCC4)n3)c2Oc2ccccc2)N1C(=O)C1CC1. The third kappa shape index (κ3) is 3.98. The molecule has 1 saturated carbocycles. The van der Waals surface area contributed by atoms with Gasteiger partial charge in [0.2, 0.25) is 5.91 Å². The summed E-state index contributed by atoms with van der Waals surface area (Å²) in [6, 6.07) is 14.5. The predicted octanol–water partition coefficient (Wildman–Crippen LogP) is 4.74.